The second kappa shape index (κ2) is 7.09. The van der Waals surface area contributed by atoms with E-state index >= 15 is 0 Å². The fraction of sp³-hybridized carbons (Fsp3) is 0.188. The molecule has 0 spiro atoms. The summed E-state index contributed by atoms with van der Waals surface area (Å²) in [6.45, 7) is 3.76. The Hall–Kier alpha value is -3.07. The number of carbonyl (C=O) groups is 1. The van der Waals surface area contributed by atoms with Crippen molar-refractivity contribution >= 4 is 23.2 Å². The van der Waals surface area contributed by atoms with Gasteiger partial charge in [-0.3, -0.25) is 5.32 Å². The standard InChI is InChI=1S/C16H17N5O/c1-11(2)19-16(22)21-15-8-7-13(10-18-15)20-14-6-4-3-5-12(14)9-17/h3-8,10-11,20H,1-2H3,(H2,18,19,21,22). The van der Waals surface area contributed by atoms with Crippen molar-refractivity contribution in [3.05, 3.63) is 48.2 Å². The molecule has 2 rings (SSSR count). The normalized spacial score (nSPS) is 9.91. The van der Waals surface area contributed by atoms with Crippen molar-refractivity contribution in [2.45, 2.75) is 19.9 Å². The molecule has 0 saturated carbocycles. The number of hydrogen-bond donors (Lipinski definition) is 3. The van der Waals surface area contributed by atoms with Gasteiger partial charge >= 0.3 is 6.03 Å². The van der Waals surface area contributed by atoms with Crippen molar-refractivity contribution in [3.8, 4) is 6.07 Å². The molecule has 0 saturated heterocycles. The van der Waals surface area contributed by atoms with E-state index in [0.717, 1.165) is 5.69 Å². The van der Waals surface area contributed by atoms with Crippen LogP contribution in [0.15, 0.2) is 42.6 Å². The van der Waals surface area contributed by atoms with Crippen LogP contribution in [-0.2, 0) is 0 Å². The van der Waals surface area contributed by atoms with Crippen LogP contribution >= 0.6 is 0 Å². The number of para-hydroxylation sites is 1. The van der Waals surface area contributed by atoms with Crippen molar-refractivity contribution in [2.24, 2.45) is 0 Å². The molecule has 22 heavy (non-hydrogen) atoms. The summed E-state index contributed by atoms with van der Waals surface area (Å²) >= 11 is 0. The van der Waals surface area contributed by atoms with E-state index in [1.807, 2.05) is 32.0 Å². The summed E-state index contributed by atoms with van der Waals surface area (Å²) in [7, 11) is 0. The van der Waals surface area contributed by atoms with Gasteiger partial charge in [-0.15, -0.1) is 0 Å². The number of nitrogens with zero attached hydrogens (tertiary/aromatic N) is 2. The summed E-state index contributed by atoms with van der Waals surface area (Å²) in [6, 6.07) is 12.6. The fourth-order valence-electron chi connectivity index (χ4n) is 1.80. The van der Waals surface area contributed by atoms with E-state index in [1.54, 1.807) is 24.4 Å². The number of urea groups is 1. The number of nitriles is 1. The number of aromatic nitrogens is 1. The van der Waals surface area contributed by atoms with Crippen LogP contribution in [0.5, 0.6) is 0 Å². The molecule has 6 heteroatoms. The summed E-state index contributed by atoms with van der Waals surface area (Å²) in [4.78, 5) is 15.7. The van der Waals surface area contributed by atoms with Gasteiger partial charge in [0.05, 0.1) is 23.1 Å². The van der Waals surface area contributed by atoms with Gasteiger partial charge in [-0.25, -0.2) is 9.78 Å². The fourth-order valence-corrected chi connectivity index (χ4v) is 1.80. The molecule has 2 aromatic rings. The smallest absolute Gasteiger partial charge is 0.320 e. The van der Waals surface area contributed by atoms with Gasteiger partial charge in [0.2, 0.25) is 0 Å². The van der Waals surface area contributed by atoms with Crippen molar-refractivity contribution in [2.75, 3.05) is 10.6 Å². The van der Waals surface area contributed by atoms with Crippen LogP contribution in [0.1, 0.15) is 19.4 Å². The number of amides is 2. The average molecular weight is 295 g/mol. The van der Waals surface area contributed by atoms with Crippen LogP contribution in [0.4, 0.5) is 22.0 Å². The van der Waals surface area contributed by atoms with Gasteiger partial charge in [0.25, 0.3) is 0 Å². The first-order valence-electron chi connectivity index (χ1n) is 6.88. The molecule has 0 fully saturated rings. The second-order valence-electron chi connectivity index (χ2n) is 4.97. The second-order valence-corrected chi connectivity index (χ2v) is 4.97. The van der Waals surface area contributed by atoms with Crippen LogP contribution in [0.2, 0.25) is 0 Å². The number of hydrogen-bond acceptors (Lipinski definition) is 4. The molecular weight excluding hydrogens is 278 g/mol. The molecule has 0 atom stereocenters. The van der Waals surface area contributed by atoms with Crippen molar-refractivity contribution in [1.29, 1.82) is 5.26 Å². The number of nitrogens with one attached hydrogen (secondary N) is 3. The lowest BCUT2D eigenvalue weighted by atomic mass is 10.2. The zero-order chi connectivity index (χ0) is 15.9. The van der Waals surface area contributed by atoms with Crippen LogP contribution < -0.4 is 16.0 Å². The molecular formula is C16H17N5O. The van der Waals surface area contributed by atoms with E-state index in [1.165, 1.54) is 0 Å². The Morgan fingerprint density at radius 3 is 2.64 bits per heavy atom. The predicted molar refractivity (Wildman–Crippen MR) is 86.0 cm³/mol. The topological polar surface area (TPSA) is 89.8 Å². The maximum Gasteiger partial charge on any atom is 0.320 e. The Balaban J connectivity index is 2.03. The lowest BCUT2D eigenvalue weighted by Crippen LogP contribution is -2.34. The minimum atomic E-state index is -0.293. The van der Waals surface area contributed by atoms with Gasteiger partial charge in [-0.2, -0.15) is 5.26 Å². The molecule has 1 aromatic carbocycles. The van der Waals surface area contributed by atoms with E-state index in [9.17, 15) is 4.79 Å². The first kappa shape index (κ1) is 15.3. The lowest BCUT2D eigenvalue weighted by molar-refractivity contribution is 0.250. The third-order valence-electron chi connectivity index (χ3n) is 2.75. The molecule has 0 aliphatic heterocycles. The molecule has 0 aliphatic rings. The Bertz CT molecular complexity index is 688. The summed E-state index contributed by atoms with van der Waals surface area (Å²) in [5, 5.41) is 17.5. The van der Waals surface area contributed by atoms with Crippen LogP contribution in [-0.4, -0.2) is 17.1 Å². The number of rotatable bonds is 4. The van der Waals surface area contributed by atoms with Crippen molar-refractivity contribution in [3.63, 3.8) is 0 Å². The monoisotopic (exact) mass is 295 g/mol. The van der Waals surface area contributed by atoms with E-state index in [0.29, 0.717) is 17.1 Å². The number of pyridine rings is 1. The highest BCUT2D eigenvalue weighted by molar-refractivity contribution is 5.88. The third-order valence-corrected chi connectivity index (χ3v) is 2.75. The number of carbonyl (C=O) groups excluding carboxylic acids is 1. The summed E-state index contributed by atoms with van der Waals surface area (Å²) < 4.78 is 0. The van der Waals surface area contributed by atoms with E-state index in [-0.39, 0.29) is 12.1 Å². The summed E-state index contributed by atoms with van der Waals surface area (Å²) in [6.07, 6.45) is 1.60. The van der Waals surface area contributed by atoms with E-state index in [2.05, 4.69) is 27.0 Å². The largest absolute Gasteiger partial charge is 0.353 e. The lowest BCUT2D eigenvalue weighted by Gasteiger charge is -2.11. The van der Waals surface area contributed by atoms with Gasteiger partial charge in [0.1, 0.15) is 11.9 Å². The predicted octanol–water partition coefficient (Wildman–Crippen LogP) is 3.23. The van der Waals surface area contributed by atoms with Crippen LogP contribution in [0, 0.1) is 11.3 Å². The van der Waals surface area contributed by atoms with E-state index < -0.39 is 0 Å². The van der Waals surface area contributed by atoms with Crippen molar-refractivity contribution in [1.82, 2.24) is 10.3 Å². The molecule has 0 bridgehead atoms. The van der Waals surface area contributed by atoms with Crippen molar-refractivity contribution < 1.29 is 4.79 Å². The Morgan fingerprint density at radius 1 is 1.23 bits per heavy atom. The van der Waals surface area contributed by atoms with E-state index in [4.69, 9.17) is 5.26 Å². The van der Waals surface area contributed by atoms with Crippen LogP contribution in [0.3, 0.4) is 0 Å². The minimum Gasteiger partial charge on any atom is -0.353 e. The van der Waals surface area contributed by atoms with Gasteiger partial charge in [-0.1, -0.05) is 12.1 Å². The van der Waals surface area contributed by atoms with Gasteiger partial charge < -0.3 is 10.6 Å². The average Bonchev–Trinajstić information content (AvgIpc) is 2.49. The zero-order valence-electron chi connectivity index (χ0n) is 12.4. The van der Waals surface area contributed by atoms with Gasteiger partial charge in [0, 0.05) is 6.04 Å². The molecule has 0 unspecified atom stereocenters. The Kier molecular flexibility index (Phi) is 4.94. The molecule has 0 radical (unpaired) electrons. The maximum absolute atomic E-state index is 11.6. The first-order valence-corrected chi connectivity index (χ1v) is 6.88. The number of anilines is 3. The minimum absolute atomic E-state index is 0.0587. The first-order chi connectivity index (χ1) is 10.6. The SMILES string of the molecule is CC(C)NC(=O)Nc1ccc(Nc2ccccc2C#N)cn1. The molecule has 6 nitrogen and oxygen atoms in total. The zero-order valence-corrected chi connectivity index (χ0v) is 12.4. The van der Waals surface area contributed by atoms with Gasteiger partial charge in [-0.05, 0) is 38.1 Å². The highest BCUT2D eigenvalue weighted by atomic mass is 16.2. The molecule has 1 aromatic heterocycles. The molecule has 112 valence electrons. The molecule has 0 aliphatic carbocycles. The number of benzene rings is 1. The molecule has 1 heterocycles. The maximum atomic E-state index is 11.6. The Morgan fingerprint density at radius 2 is 2.00 bits per heavy atom. The Labute approximate surface area is 129 Å². The highest BCUT2D eigenvalue weighted by Gasteiger charge is 2.05. The quantitative estimate of drug-likeness (QED) is 0.807. The highest BCUT2D eigenvalue weighted by Crippen LogP contribution is 2.20. The third kappa shape index (κ3) is 4.21. The summed E-state index contributed by atoms with van der Waals surface area (Å²) in [5.41, 5.74) is 2.00. The van der Waals surface area contributed by atoms with Gasteiger partial charge in [0.15, 0.2) is 0 Å². The van der Waals surface area contributed by atoms with Crippen LogP contribution in [0.25, 0.3) is 0 Å². The summed E-state index contributed by atoms with van der Waals surface area (Å²) in [5.74, 6) is 0.456. The molecule has 3 N–H and O–H groups in total. The molecule has 2 amide bonds.